The predicted molar refractivity (Wildman–Crippen MR) is 93.1 cm³/mol. The van der Waals surface area contributed by atoms with Gasteiger partial charge in [0.15, 0.2) is 6.61 Å². The van der Waals surface area contributed by atoms with Crippen molar-refractivity contribution in [1.29, 1.82) is 0 Å². The van der Waals surface area contributed by atoms with Crippen molar-refractivity contribution >= 4 is 39.2 Å². The smallest absolute Gasteiger partial charge is 0.349 e. The molecule has 2 amide bonds. The summed E-state index contributed by atoms with van der Waals surface area (Å²) in [6, 6.07) is 7.02. The number of hydrogen-bond donors (Lipinski definition) is 2. The molecule has 0 aliphatic heterocycles. The van der Waals surface area contributed by atoms with Crippen LogP contribution in [-0.2, 0) is 14.3 Å². The highest BCUT2D eigenvalue weighted by atomic mass is 32.1. The SMILES string of the molecule is CCNC(=O)[C@H](C)NC(=O)COC(=O)c1sc2ccccc2c1C. The third-order valence-corrected chi connectivity index (χ3v) is 4.74. The molecule has 0 unspecified atom stereocenters. The number of nitrogens with one attached hydrogen (secondary N) is 2. The Labute approximate surface area is 144 Å². The summed E-state index contributed by atoms with van der Waals surface area (Å²) < 4.78 is 6.07. The first-order chi connectivity index (χ1) is 11.4. The molecule has 1 aromatic heterocycles. The summed E-state index contributed by atoms with van der Waals surface area (Å²) in [7, 11) is 0. The fraction of sp³-hybridized carbons (Fsp3) is 0.353. The predicted octanol–water partition coefficient (Wildman–Crippen LogP) is 2.01. The number of esters is 1. The number of carbonyl (C=O) groups excluding carboxylic acids is 3. The molecule has 0 spiro atoms. The summed E-state index contributed by atoms with van der Waals surface area (Å²) >= 11 is 1.34. The van der Waals surface area contributed by atoms with Crippen molar-refractivity contribution in [2.45, 2.75) is 26.8 Å². The van der Waals surface area contributed by atoms with Crippen molar-refractivity contribution in [1.82, 2.24) is 10.6 Å². The van der Waals surface area contributed by atoms with Gasteiger partial charge in [-0.2, -0.15) is 0 Å². The van der Waals surface area contributed by atoms with Gasteiger partial charge < -0.3 is 15.4 Å². The Morgan fingerprint density at radius 2 is 1.96 bits per heavy atom. The Balaban J connectivity index is 1.93. The van der Waals surface area contributed by atoms with E-state index in [0.717, 1.165) is 15.6 Å². The molecule has 0 fully saturated rings. The van der Waals surface area contributed by atoms with Gasteiger partial charge in [-0.25, -0.2) is 4.79 Å². The Morgan fingerprint density at radius 3 is 2.62 bits per heavy atom. The summed E-state index contributed by atoms with van der Waals surface area (Å²) in [5, 5.41) is 6.10. The van der Waals surface area contributed by atoms with E-state index in [0.29, 0.717) is 11.4 Å². The number of benzene rings is 1. The Hall–Kier alpha value is -2.41. The molecule has 2 rings (SSSR count). The minimum absolute atomic E-state index is 0.280. The largest absolute Gasteiger partial charge is 0.451 e. The first-order valence-electron chi connectivity index (χ1n) is 7.66. The second-order valence-corrected chi connectivity index (χ2v) is 6.36. The quantitative estimate of drug-likeness (QED) is 0.782. The number of likely N-dealkylation sites (N-methyl/N-ethyl adjacent to an activating group) is 1. The topological polar surface area (TPSA) is 84.5 Å². The lowest BCUT2D eigenvalue weighted by molar-refractivity contribution is -0.130. The molecule has 2 aromatic rings. The minimum atomic E-state index is -0.679. The van der Waals surface area contributed by atoms with Crippen molar-refractivity contribution < 1.29 is 19.1 Å². The van der Waals surface area contributed by atoms with Crippen molar-refractivity contribution in [2.75, 3.05) is 13.2 Å². The second kappa shape index (κ2) is 7.92. The molecule has 1 heterocycles. The van der Waals surface area contributed by atoms with Crippen LogP contribution in [0.3, 0.4) is 0 Å². The van der Waals surface area contributed by atoms with Crippen LogP contribution in [-0.4, -0.2) is 37.0 Å². The third-order valence-electron chi connectivity index (χ3n) is 3.49. The first-order valence-corrected chi connectivity index (χ1v) is 8.48. The van der Waals surface area contributed by atoms with Crippen LogP contribution in [0.5, 0.6) is 0 Å². The van der Waals surface area contributed by atoms with Crippen molar-refractivity contribution in [3.8, 4) is 0 Å². The van der Waals surface area contributed by atoms with Gasteiger partial charge >= 0.3 is 5.97 Å². The van der Waals surface area contributed by atoms with E-state index >= 15 is 0 Å². The molecule has 0 saturated heterocycles. The van der Waals surface area contributed by atoms with Crippen LogP contribution in [0.25, 0.3) is 10.1 Å². The number of aryl methyl sites for hydroxylation is 1. The van der Waals surface area contributed by atoms with Crippen LogP contribution in [0.2, 0.25) is 0 Å². The van der Waals surface area contributed by atoms with Gasteiger partial charge in [-0.05, 0) is 37.8 Å². The normalized spacial score (nSPS) is 11.8. The summed E-state index contributed by atoms with van der Waals surface area (Å²) in [5.74, 6) is -1.33. The molecule has 0 aliphatic rings. The lowest BCUT2D eigenvalue weighted by Crippen LogP contribution is -2.46. The molecule has 0 saturated carbocycles. The van der Waals surface area contributed by atoms with Gasteiger partial charge in [0, 0.05) is 11.2 Å². The fourth-order valence-corrected chi connectivity index (χ4v) is 3.34. The number of ether oxygens (including phenoxy) is 1. The van der Waals surface area contributed by atoms with Gasteiger partial charge in [0.1, 0.15) is 10.9 Å². The van der Waals surface area contributed by atoms with E-state index in [1.165, 1.54) is 11.3 Å². The number of thiophene rings is 1. The number of rotatable bonds is 6. The molecule has 6 nitrogen and oxygen atoms in total. The average Bonchev–Trinajstić information content (AvgIpc) is 2.90. The molecular weight excluding hydrogens is 328 g/mol. The molecule has 2 N–H and O–H groups in total. The standard InChI is InChI=1S/C17H20N2O4S/c1-4-18-16(21)11(3)19-14(20)9-23-17(22)15-10(2)12-7-5-6-8-13(12)24-15/h5-8,11H,4,9H2,1-3H3,(H,18,21)(H,19,20)/t11-/m0/s1. The van der Waals surface area contributed by atoms with Crippen molar-refractivity contribution in [2.24, 2.45) is 0 Å². The van der Waals surface area contributed by atoms with Gasteiger partial charge in [0.2, 0.25) is 5.91 Å². The van der Waals surface area contributed by atoms with Gasteiger partial charge in [-0.3, -0.25) is 9.59 Å². The van der Waals surface area contributed by atoms with Gasteiger partial charge in [0.05, 0.1) is 0 Å². The van der Waals surface area contributed by atoms with Crippen LogP contribution in [0.15, 0.2) is 24.3 Å². The van der Waals surface area contributed by atoms with E-state index in [4.69, 9.17) is 4.74 Å². The molecule has 24 heavy (non-hydrogen) atoms. The monoisotopic (exact) mass is 348 g/mol. The zero-order chi connectivity index (χ0) is 17.7. The van der Waals surface area contributed by atoms with Crippen LogP contribution in [0, 0.1) is 6.92 Å². The minimum Gasteiger partial charge on any atom is -0.451 e. The van der Waals surface area contributed by atoms with E-state index in [9.17, 15) is 14.4 Å². The second-order valence-electron chi connectivity index (χ2n) is 5.31. The molecule has 0 radical (unpaired) electrons. The summed E-state index contributed by atoms with van der Waals surface area (Å²) in [6.45, 7) is 5.28. The molecule has 1 aromatic carbocycles. The molecule has 128 valence electrons. The van der Waals surface area contributed by atoms with E-state index < -0.39 is 24.5 Å². The van der Waals surface area contributed by atoms with Crippen LogP contribution >= 0.6 is 11.3 Å². The number of carbonyl (C=O) groups is 3. The van der Waals surface area contributed by atoms with Gasteiger partial charge in [-0.15, -0.1) is 11.3 Å². The third kappa shape index (κ3) is 4.11. The lowest BCUT2D eigenvalue weighted by Gasteiger charge is -2.13. The molecule has 0 bridgehead atoms. The number of fused-ring (bicyclic) bond motifs is 1. The van der Waals surface area contributed by atoms with E-state index in [1.54, 1.807) is 13.8 Å². The highest BCUT2D eigenvalue weighted by molar-refractivity contribution is 7.21. The number of amides is 2. The number of hydrogen-bond acceptors (Lipinski definition) is 5. The van der Waals surface area contributed by atoms with Crippen molar-refractivity contribution in [3.05, 3.63) is 34.7 Å². The summed E-state index contributed by atoms with van der Waals surface area (Å²) in [6.07, 6.45) is 0. The van der Waals surface area contributed by atoms with E-state index in [1.807, 2.05) is 31.2 Å². The summed E-state index contributed by atoms with van der Waals surface area (Å²) in [4.78, 5) is 36.0. The van der Waals surface area contributed by atoms with Crippen molar-refractivity contribution in [3.63, 3.8) is 0 Å². The van der Waals surface area contributed by atoms with Gasteiger partial charge in [0.25, 0.3) is 5.91 Å². The lowest BCUT2D eigenvalue weighted by atomic mass is 10.1. The van der Waals surface area contributed by atoms with Crippen LogP contribution < -0.4 is 10.6 Å². The zero-order valence-electron chi connectivity index (χ0n) is 13.8. The maximum Gasteiger partial charge on any atom is 0.349 e. The Kier molecular flexibility index (Phi) is 5.92. The maximum atomic E-state index is 12.2. The van der Waals surface area contributed by atoms with Crippen LogP contribution in [0.4, 0.5) is 0 Å². The Morgan fingerprint density at radius 1 is 1.25 bits per heavy atom. The van der Waals surface area contributed by atoms with Crippen LogP contribution in [0.1, 0.15) is 29.1 Å². The van der Waals surface area contributed by atoms with E-state index in [-0.39, 0.29) is 5.91 Å². The fourth-order valence-electron chi connectivity index (χ4n) is 2.24. The average molecular weight is 348 g/mol. The molecular formula is C17H20N2O4S. The Bertz CT molecular complexity index is 769. The molecule has 0 aliphatic carbocycles. The highest BCUT2D eigenvalue weighted by Crippen LogP contribution is 2.30. The maximum absolute atomic E-state index is 12.2. The van der Waals surface area contributed by atoms with Gasteiger partial charge in [-0.1, -0.05) is 18.2 Å². The zero-order valence-corrected chi connectivity index (χ0v) is 14.7. The molecule has 7 heteroatoms. The molecule has 1 atom stereocenters. The highest BCUT2D eigenvalue weighted by Gasteiger charge is 2.19. The van der Waals surface area contributed by atoms with E-state index in [2.05, 4.69) is 10.6 Å². The summed E-state index contributed by atoms with van der Waals surface area (Å²) in [5.41, 5.74) is 0.844. The first kappa shape index (κ1) is 17.9.